The van der Waals surface area contributed by atoms with Crippen LogP contribution >= 0.6 is 0 Å². The molecule has 3 aromatic rings. The third-order valence-corrected chi connectivity index (χ3v) is 4.01. The van der Waals surface area contributed by atoms with E-state index in [4.69, 9.17) is 0 Å². The average Bonchev–Trinajstić information content (AvgIpc) is 3.17. The number of hydrogen-bond donors (Lipinski definition) is 1. The van der Waals surface area contributed by atoms with Crippen molar-refractivity contribution in [1.29, 1.82) is 0 Å². The van der Waals surface area contributed by atoms with E-state index >= 15 is 0 Å². The number of carbonyl (C=O) groups excluding carboxylic acids is 1. The molecule has 128 valence electrons. The molecule has 0 aliphatic heterocycles. The van der Waals surface area contributed by atoms with Gasteiger partial charge in [-0.15, -0.1) is 0 Å². The van der Waals surface area contributed by atoms with Gasteiger partial charge in [-0.25, -0.2) is 9.67 Å². The molecule has 0 aliphatic rings. The number of nitrogens with one attached hydrogen (secondary N) is 1. The van der Waals surface area contributed by atoms with Crippen LogP contribution in [0, 0.1) is 0 Å². The third-order valence-electron chi connectivity index (χ3n) is 4.01. The SMILES string of the molecule is CN(C)[C@@H](CNC(=O)c1ccc(-n2cccn2)nc1)c1ccccc1. The molecule has 0 aliphatic carbocycles. The zero-order chi connectivity index (χ0) is 17.6. The first-order valence-corrected chi connectivity index (χ1v) is 8.11. The number of aromatic nitrogens is 3. The first kappa shape index (κ1) is 16.9. The fourth-order valence-electron chi connectivity index (χ4n) is 2.63. The highest BCUT2D eigenvalue weighted by Gasteiger charge is 2.15. The highest BCUT2D eigenvalue weighted by atomic mass is 16.1. The summed E-state index contributed by atoms with van der Waals surface area (Å²) in [5, 5.41) is 7.11. The zero-order valence-electron chi connectivity index (χ0n) is 14.3. The van der Waals surface area contributed by atoms with Gasteiger partial charge >= 0.3 is 0 Å². The number of benzene rings is 1. The molecular weight excluding hydrogens is 314 g/mol. The number of rotatable bonds is 6. The Morgan fingerprint density at radius 3 is 2.56 bits per heavy atom. The van der Waals surface area contributed by atoms with Crippen LogP contribution in [0.25, 0.3) is 5.82 Å². The summed E-state index contributed by atoms with van der Waals surface area (Å²) in [6, 6.07) is 15.6. The van der Waals surface area contributed by atoms with Crippen LogP contribution in [0.1, 0.15) is 22.0 Å². The van der Waals surface area contributed by atoms with Crippen molar-refractivity contribution in [2.75, 3.05) is 20.6 Å². The first-order valence-electron chi connectivity index (χ1n) is 8.11. The van der Waals surface area contributed by atoms with Crippen molar-refractivity contribution < 1.29 is 4.79 Å². The molecule has 0 bridgehead atoms. The summed E-state index contributed by atoms with van der Waals surface area (Å²) in [4.78, 5) is 18.8. The predicted molar refractivity (Wildman–Crippen MR) is 96.6 cm³/mol. The lowest BCUT2D eigenvalue weighted by Gasteiger charge is -2.25. The number of carbonyl (C=O) groups is 1. The summed E-state index contributed by atoms with van der Waals surface area (Å²) >= 11 is 0. The summed E-state index contributed by atoms with van der Waals surface area (Å²) in [5.74, 6) is 0.541. The maximum absolute atomic E-state index is 12.4. The number of pyridine rings is 1. The van der Waals surface area contributed by atoms with E-state index in [2.05, 4.69) is 32.4 Å². The summed E-state index contributed by atoms with van der Waals surface area (Å²) < 4.78 is 1.65. The fraction of sp³-hybridized carbons (Fsp3) is 0.211. The Morgan fingerprint density at radius 2 is 1.96 bits per heavy atom. The molecule has 1 atom stereocenters. The van der Waals surface area contributed by atoms with Gasteiger partial charge in [0.05, 0.1) is 11.6 Å². The van der Waals surface area contributed by atoms with Crippen molar-refractivity contribution in [3.63, 3.8) is 0 Å². The van der Waals surface area contributed by atoms with Crippen LogP contribution in [0.4, 0.5) is 0 Å². The van der Waals surface area contributed by atoms with Crippen molar-refractivity contribution in [3.8, 4) is 5.82 Å². The average molecular weight is 335 g/mol. The highest BCUT2D eigenvalue weighted by molar-refractivity contribution is 5.93. The van der Waals surface area contributed by atoms with E-state index < -0.39 is 0 Å². The van der Waals surface area contributed by atoms with Crippen molar-refractivity contribution >= 4 is 5.91 Å². The molecule has 0 fully saturated rings. The minimum atomic E-state index is -0.137. The van der Waals surface area contributed by atoms with Gasteiger partial charge < -0.3 is 10.2 Å². The maximum atomic E-state index is 12.4. The van der Waals surface area contributed by atoms with Crippen molar-refractivity contribution in [2.24, 2.45) is 0 Å². The summed E-state index contributed by atoms with van der Waals surface area (Å²) in [6.07, 6.45) is 5.07. The van der Waals surface area contributed by atoms with Crippen molar-refractivity contribution in [3.05, 3.63) is 78.2 Å². The summed E-state index contributed by atoms with van der Waals surface area (Å²) in [6.45, 7) is 0.525. The van der Waals surface area contributed by atoms with Crippen LogP contribution in [0.2, 0.25) is 0 Å². The molecule has 3 rings (SSSR count). The topological polar surface area (TPSA) is 63.1 Å². The van der Waals surface area contributed by atoms with E-state index in [1.165, 1.54) is 5.56 Å². The molecule has 6 nitrogen and oxygen atoms in total. The van der Waals surface area contributed by atoms with Crippen molar-refractivity contribution in [2.45, 2.75) is 6.04 Å². The van der Waals surface area contributed by atoms with E-state index in [0.29, 0.717) is 17.9 Å². The second kappa shape index (κ2) is 7.72. The Bertz CT molecular complexity index is 798. The zero-order valence-corrected chi connectivity index (χ0v) is 14.3. The summed E-state index contributed by atoms with van der Waals surface area (Å²) in [7, 11) is 4.01. The van der Waals surface area contributed by atoms with Crippen LogP contribution < -0.4 is 5.32 Å². The maximum Gasteiger partial charge on any atom is 0.252 e. The molecule has 0 radical (unpaired) electrons. The van der Waals surface area contributed by atoms with Gasteiger partial charge in [0.2, 0.25) is 0 Å². The van der Waals surface area contributed by atoms with E-state index in [1.807, 2.05) is 44.6 Å². The molecule has 0 unspecified atom stereocenters. The first-order chi connectivity index (χ1) is 12.1. The van der Waals surface area contributed by atoms with Gasteiger partial charge in [-0.1, -0.05) is 30.3 Å². The van der Waals surface area contributed by atoms with Gasteiger partial charge in [0.1, 0.15) is 0 Å². The standard InChI is InChI=1S/C19H21N5O/c1-23(2)17(15-7-4-3-5-8-15)14-21-19(25)16-9-10-18(20-13-16)24-12-6-11-22-24/h3-13,17H,14H2,1-2H3,(H,21,25)/t17-/m0/s1. The van der Waals surface area contributed by atoms with Gasteiger partial charge in [0.15, 0.2) is 5.82 Å². The van der Waals surface area contributed by atoms with Crippen molar-refractivity contribution in [1.82, 2.24) is 25.0 Å². The molecule has 0 spiro atoms. The second-order valence-corrected chi connectivity index (χ2v) is 5.96. The van der Waals surface area contributed by atoms with Gasteiger partial charge in [0, 0.05) is 25.1 Å². The fourth-order valence-corrected chi connectivity index (χ4v) is 2.63. The van der Waals surface area contributed by atoms with Gasteiger partial charge in [-0.3, -0.25) is 4.79 Å². The van der Waals surface area contributed by atoms with E-state index in [0.717, 1.165) is 0 Å². The molecule has 1 amide bonds. The van der Waals surface area contributed by atoms with Gasteiger partial charge in [-0.05, 0) is 37.9 Å². The van der Waals surface area contributed by atoms with E-state index in [1.54, 1.807) is 29.2 Å². The Kier molecular flexibility index (Phi) is 5.20. The van der Waals surface area contributed by atoms with Gasteiger partial charge in [0.25, 0.3) is 5.91 Å². The molecule has 2 heterocycles. The predicted octanol–water partition coefficient (Wildman–Crippen LogP) is 2.30. The van der Waals surface area contributed by atoms with Gasteiger partial charge in [-0.2, -0.15) is 5.10 Å². The summed E-state index contributed by atoms with van der Waals surface area (Å²) in [5.41, 5.74) is 1.70. The lowest BCUT2D eigenvalue weighted by molar-refractivity contribution is 0.0941. The molecule has 2 aromatic heterocycles. The molecule has 0 saturated heterocycles. The highest BCUT2D eigenvalue weighted by Crippen LogP contribution is 2.17. The molecule has 6 heteroatoms. The smallest absolute Gasteiger partial charge is 0.252 e. The Morgan fingerprint density at radius 1 is 1.16 bits per heavy atom. The van der Waals surface area contributed by atoms with E-state index in [9.17, 15) is 4.79 Å². The number of hydrogen-bond acceptors (Lipinski definition) is 4. The lowest BCUT2D eigenvalue weighted by Crippen LogP contribution is -2.34. The van der Waals surface area contributed by atoms with Crippen LogP contribution in [0.3, 0.4) is 0 Å². The Hall–Kier alpha value is -2.99. The van der Waals surface area contributed by atoms with Crippen LogP contribution in [0.5, 0.6) is 0 Å². The third kappa shape index (κ3) is 4.10. The largest absolute Gasteiger partial charge is 0.350 e. The molecular formula is C19H21N5O. The monoisotopic (exact) mass is 335 g/mol. The lowest BCUT2D eigenvalue weighted by atomic mass is 10.1. The van der Waals surface area contributed by atoms with Crippen LogP contribution in [-0.4, -0.2) is 46.2 Å². The van der Waals surface area contributed by atoms with Crippen LogP contribution in [-0.2, 0) is 0 Å². The molecule has 1 N–H and O–H groups in total. The number of likely N-dealkylation sites (N-methyl/N-ethyl adjacent to an activating group) is 1. The number of amides is 1. The minimum Gasteiger partial charge on any atom is -0.350 e. The molecule has 25 heavy (non-hydrogen) atoms. The second-order valence-electron chi connectivity index (χ2n) is 5.96. The van der Waals surface area contributed by atoms with E-state index in [-0.39, 0.29) is 11.9 Å². The molecule has 0 saturated carbocycles. The minimum absolute atomic E-state index is 0.112. The van der Waals surface area contributed by atoms with Crippen LogP contribution in [0.15, 0.2) is 67.1 Å². The normalized spacial score (nSPS) is 12.1. The Labute approximate surface area is 147 Å². The quantitative estimate of drug-likeness (QED) is 0.751. The molecule has 1 aromatic carbocycles. The number of nitrogens with zero attached hydrogens (tertiary/aromatic N) is 4. The Balaban J connectivity index is 1.65.